The van der Waals surface area contributed by atoms with Crippen LogP contribution in [0.15, 0.2) is 58.4 Å². The lowest BCUT2D eigenvalue weighted by molar-refractivity contribution is 0.502. The number of fused-ring (bicyclic) bond motifs is 1. The zero-order valence-electron chi connectivity index (χ0n) is 10.9. The molecular weight excluding hydrogens is 292 g/mol. The predicted octanol–water partition coefficient (Wildman–Crippen LogP) is 4.10. The number of nitrogens with one attached hydrogen (secondary N) is 1. The predicted molar refractivity (Wildman–Crippen MR) is 80.5 cm³/mol. The fourth-order valence-corrected chi connectivity index (χ4v) is 2.97. The summed E-state index contributed by atoms with van der Waals surface area (Å²) in [6.45, 7) is 0. The molecule has 0 aliphatic heterocycles. The molecule has 2 aromatic carbocycles. The first-order chi connectivity index (χ1) is 10.1. The van der Waals surface area contributed by atoms with Gasteiger partial charge < -0.3 is 4.98 Å². The first kappa shape index (κ1) is 13.8. The Balaban J connectivity index is 1.89. The number of para-hydroxylation sites is 1. The van der Waals surface area contributed by atoms with Crippen molar-refractivity contribution in [2.24, 2.45) is 0 Å². The van der Waals surface area contributed by atoms with Gasteiger partial charge in [0.15, 0.2) is 17.1 Å². The summed E-state index contributed by atoms with van der Waals surface area (Å²) in [6.07, 6.45) is 0. The number of aromatic nitrogens is 1. The summed E-state index contributed by atoms with van der Waals surface area (Å²) in [7, 11) is 0. The molecule has 0 fully saturated rings. The van der Waals surface area contributed by atoms with E-state index in [1.165, 1.54) is 30.0 Å². The van der Waals surface area contributed by atoms with Gasteiger partial charge in [0, 0.05) is 22.8 Å². The molecule has 1 N–H and O–H groups in total. The first-order valence-electron chi connectivity index (χ1n) is 6.33. The van der Waals surface area contributed by atoms with Crippen LogP contribution in [0.5, 0.6) is 0 Å². The van der Waals surface area contributed by atoms with Gasteiger partial charge in [0.25, 0.3) is 0 Å². The van der Waals surface area contributed by atoms with E-state index in [0.29, 0.717) is 10.4 Å². The molecule has 0 aliphatic carbocycles. The monoisotopic (exact) mass is 303 g/mol. The Morgan fingerprint density at radius 2 is 1.86 bits per heavy atom. The Morgan fingerprint density at radius 1 is 1.05 bits per heavy atom. The molecule has 0 bridgehead atoms. The van der Waals surface area contributed by atoms with Gasteiger partial charge in [0.2, 0.25) is 0 Å². The highest BCUT2D eigenvalue weighted by Crippen LogP contribution is 2.23. The van der Waals surface area contributed by atoms with E-state index < -0.39 is 11.6 Å². The molecule has 0 radical (unpaired) electrons. The van der Waals surface area contributed by atoms with E-state index in [1.807, 2.05) is 12.1 Å². The molecule has 5 heteroatoms. The number of rotatable bonds is 3. The molecule has 1 heterocycles. The molecule has 106 valence electrons. The number of aromatic amines is 1. The normalized spacial score (nSPS) is 11.0. The van der Waals surface area contributed by atoms with E-state index in [9.17, 15) is 13.6 Å². The summed E-state index contributed by atoms with van der Waals surface area (Å²) in [4.78, 5) is 15.1. The molecule has 21 heavy (non-hydrogen) atoms. The van der Waals surface area contributed by atoms with Gasteiger partial charge in [-0.05, 0) is 18.2 Å². The summed E-state index contributed by atoms with van der Waals surface area (Å²) >= 11 is 1.26. The van der Waals surface area contributed by atoms with E-state index in [4.69, 9.17) is 0 Å². The van der Waals surface area contributed by atoms with E-state index in [-0.39, 0.29) is 16.7 Å². The van der Waals surface area contributed by atoms with Gasteiger partial charge in [0.1, 0.15) is 0 Å². The maximum atomic E-state index is 13.6. The lowest BCUT2D eigenvalue weighted by Gasteiger charge is -2.05. The summed E-state index contributed by atoms with van der Waals surface area (Å²) in [5, 5.41) is 1.24. The lowest BCUT2D eigenvalue weighted by atomic mass is 10.2. The van der Waals surface area contributed by atoms with Crippen LogP contribution in [0.4, 0.5) is 8.78 Å². The molecular formula is C16H11F2NOS. The maximum Gasteiger partial charge on any atom is 0.190 e. The summed E-state index contributed by atoms with van der Waals surface area (Å²) < 4.78 is 26.7. The largest absolute Gasteiger partial charge is 0.350 e. The summed E-state index contributed by atoms with van der Waals surface area (Å²) in [5.41, 5.74) is 0.910. The van der Waals surface area contributed by atoms with E-state index in [1.54, 1.807) is 12.1 Å². The van der Waals surface area contributed by atoms with Crippen LogP contribution in [0.3, 0.4) is 0 Å². The lowest BCUT2D eigenvalue weighted by Crippen LogP contribution is -2.02. The molecule has 3 aromatic rings. The molecule has 0 amide bonds. The van der Waals surface area contributed by atoms with Crippen LogP contribution in [0.2, 0.25) is 0 Å². The third-order valence-corrected chi connectivity index (χ3v) is 4.11. The summed E-state index contributed by atoms with van der Waals surface area (Å²) in [6, 6.07) is 12.7. The quantitative estimate of drug-likeness (QED) is 0.739. The zero-order chi connectivity index (χ0) is 14.8. The molecule has 0 spiro atoms. The molecule has 0 saturated carbocycles. The Kier molecular flexibility index (Phi) is 3.75. The van der Waals surface area contributed by atoms with Crippen molar-refractivity contribution in [2.75, 3.05) is 0 Å². The van der Waals surface area contributed by atoms with Crippen LogP contribution in [-0.4, -0.2) is 4.98 Å². The second-order valence-electron chi connectivity index (χ2n) is 4.55. The smallest absolute Gasteiger partial charge is 0.190 e. The fourth-order valence-electron chi connectivity index (χ4n) is 2.07. The maximum absolute atomic E-state index is 13.6. The van der Waals surface area contributed by atoms with Gasteiger partial charge in [-0.15, -0.1) is 11.8 Å². The second-order valence-corrected chi connectivity index (χ2v) is 5.56. The van der Waals surface area contributed by atoms with Crippen LogP contribution in [0.25, 0.3) is 10.9 Å². The topological polar surface area (TPSA) is 32.9 Å². The number of hydrogen-bond acceptors (Lipinski definition) is 2. The number of pyridine rings is 1. The Hall–Kier alpha value is -2.14. The number of halogens is 2. The third-order valence-electron chi connectivity index (χ3n) is 3.13. The number of thioether (sulfide) groups is 1. The first-order valence-corrected chi connectivity index (χ1v) is 7.31. The van der Waals surface area contributed by atoms with Gasteiger partial charge in [-0.3, -0.25) is 4.79 Å². The Bertz CT molecular complexity index is 860. The van der Waals surface area contributed by atoms with Crippen molar-refractivity contribution in [3.8, 4) is 0 Å². The van der Waals surface area contributed by atoms with Crippen LogP contribution >= 0.6 is 11.8 Å². The molecule has 2 nitrogen and oxygen atoms in total. The van der Waals surface area contributed by atoms with Gasteiger partial charge in [0.05, 0.1) is 10.5 Å². The standard InChI is InChI=1S/C16H11F2NOS/c17-12-6-3-4-10(16(12)18)9-21-15-8-14(20)11-5-1-2-7-13(11)19-15/h1-8H,9H2,(H,19,20). The minimum absolute atomic E-state index is 0.0911. The Morgan fingerprint density at radius 3 is 2.71 bits per heavy atom. The second kappa shape index (κ2) is 5.69. The van der Waals surface area contributed by atoms with Crippen LogP contribution in [-0.2, 0) is 5.75 Å². The average molecular weight is 303 g/mol. The van der Waals surface area contributed by atoms with Crippen LogP contribution in [0.1, 0.15) is 5.56 Å². The van der Waals surface area contributed by atoms with Gasteiger partial charge in [-0.2, -0.15) is 0 Å². The van der Waals surface area contributed by atoms with Crippen molar-refractivity contribution < 1.29 is 8.78 Å². The van der Waals surface area contributed by atoms with Crippen molar-refractivity contribution in [3.05, 3.63) is 76.0 Å². The molecule has 3 rings (SSSR count). The third kappa shape index (κ3) is 2.83. The van der Waals surface area contributed by atoms with Crippen molar-refractivity contribution in [1.29, 1.82) is 0 Å². The van der Waals surface area contributed by atoms with Crippen molar-refractivity contribution >= 4 is 22.7 Å². The van der Waals surface area contributed by atoms with Gasteiger partial charge in [-0.1, -0.05) is 24.3 Å². The highest BCUT2D eigenvalue weighted by Gasteiger charge is 2.09. The van der Waals surface area contributed by atoms with Crippen molar-refractivity contribution in [1.82, 2.24) is 4.98 Å². The van der Waals surface area contributed by atoms with Gasteiger partial charge >= 0.3 is 0 Å². The van der Waals surface area contributed by atoms with Gasteiger partial charge in [-0.25, -0.2) is 8.78 Å². The Labute approximate surface area is 123 Å². The van der Waals surface area contributed by atoms with Crippen LogP contribution in [0, 0.1) is 11.6 Å². The fraction of sp³-hybridized carbons (Fsp3) is 0.0625. The molecule has 0 atom stereocenters. The minimum atomic E-state index is -0.861. The van der Waals surface area contributed by atoms with Crippen LogP contribution < -0.4 is 5.43 Å². The zero-order valence-corrected chi connectivity index (χ0v) is 11.7. The summed E-state index contributed by atoms with van der Waals surface area (Å²) in [5.74, 6) is -1.45. The van der Waals surface area contributed by atoms with E-state index in [2.05, 4.69) is 4.98 Å². The highest BCUT2D eigenvalue weighted by atomic mass is 32.2. The molecule has 0 aliphatic rings. The average Bonchev–Trinajstić information content (AvgIpc) is 2.49. The van der Waals surface area contributed by atoms with E-state index in [0.717, 1.165) is 11.6 Å². The highest BCUT2D eigenvalue weighted by molar-refractivity contribution is 7.98. The molecule has 0 unspecified atom stereocenters. The molecule has 1 aromatic heterocycles. The minimum Gasteiger partial charge on any atom is -0.350 e. The van der Waals surface area contributed by atoms with Crippen molar-refractivity contribution in [3.63, 3.8) is 0 Å². The van der Waals surface area contributed by atoms with Crippen molar-refractivity contribution in [2.45, 2.75) is 10.8 Å². The SMILES string of the molecule is O=c1cc(SCc2cccc(F)c2F)[nH]c2ccccc12. The number of benzene rings is 2. The number of H-pyrrole nitrogens is 1. The number of hydrogen-bond donors (Lipinski definition) is 1. The van der Waals surface area contributed by atoms with E-state index >= 15 is 0 Å². The molecule has 0 saturated heterocycles.